The van der Waals surface area contributed by atoms with Gasteiger partial charge in [0, 0.05) is 36.5 Å². The summed E-state index contributed by atoms with van der Waals surface area (Å²) in [5, 5.41) is 93.6. The highest BCUT2D eigenvalue weighted by molar-refractivity contribution is 6.01. The average molecular weight is 1590 g/mol. The molecule has 1 saturated heterocycles. The highest BCUT2D eigenvalue weighted by Gasteiger charge is 2.41. The summed E-state index contributed by atoms with van der Waals surface area (Å²) in [6, 6.07) is -6.71. The summed E-state index contributed by atoms with van der Waals surface area (Å²) in [6.07, 6.45) is -2.43. The normalized spacial score (nSPS) is 16.8. The van der Waals surface area contributed by atoms with Crippen LogP contribution in [0, 0.1) is 29.6 Å². The highest BCUT2D eigenvalue weighted by atomic mass is 16.4. The number of benzene rings is 2. The summed E-state index contributed by atoms with van der Waals surface area (Å²) >= 11 is 0. The number of carbonyl (C=O) groups is 16. The molecule has 0 bridgehead atoms. The molecule has 14 amide bonds. The number of carbonyl (C=O) groups excluding carboxylic acids is 14. The van der Waals surface area contributed by atoms with E-state index in [0.717, 1.165) is 18.7 Å². The van der Waals surface area contributed by atoms with Crippen molar-refractivity contribution in [2.75, 3.05) is 26.2 Å². The predicted octanol–water partition coefficient (Wildman–Crippen LogP) is -3.67. The molecule has 0 aliphatic carbocycles. The third-order valence-corrected chi connectivity index (χ3v) is 18.8. The number of phenols is 1. The molecule has 0 unspecified atom stereocenters. The summed E-state index contributed by atoms with van der Waals surface area (Å²) in [4.78, 5) is 222. The number of para-hydroxylation sites is 1. The maximum Gasteiger partial charge on any atom is 0.326 e. The van der Waals surface area contributed by atoms with Crippen LogP contribution in [-0.2, 0) is 89.6 Å². The zero-order chi connectivity index (χ0) is 85.0. The molecule has 3 aromatic rings. The molecule has 38 nitrogen and oxygen atoms in total. The van der Waals surface area contributed by atoms with E-state index in [2.05, 4.69) is 74.1 Å². The Morgan fingerprint density at radius 3 is 1.52 bits per heavy atom. The van der Waals surface area contributed by atoms with Gasteiger partial charge >= 0.3 is 11.9 Å². The van der Waals surface area contributed by atoms with Crippen LogP contribution in [0.15, 0.2) is 54.7 Å². The molecule has 626 valence electrons. The van der Waals surface area contributed by atoms with Crippen LogP contribution in [0.5, 0.6) is 5.75 Å². The second-order valence-corrected chi connectivity index (χ2v) is 30.0. The number of aromatic hydroxyl groups is 1. The number of hydrogen-bond acceptors (Lipinski definition) is 21. The van der Waals surface area contributed by atoms with Gasteiger partial charge in [0.25, 0.3) is 0 Å². The maximum absolute atomic E-state index is 14.6. The van der Waals surface area contributed by atoms with E-state index >= 15 is 0 Å². The number of phenolic OH excluding ortho intramolecular Hbond substituents is 1. The van der Waals surface area contributed by atoms with Crippen molar-refractivity contribution in [1.82, 2.24) is 79.0 Å². The van der Waals surface area contributed by atoms with Crippen LogP contribution in [0.1, 0.15) is 140 Å². The topological polar surface area (TPSA) is 596 Å². The number of aliphatic hydroxyl groups excluding tert-OH is 3. The van der Waals surface area contributed by atoms with E-state index in [0.29, 0.717) is 28.5 Å². The zero-order valence-corrected chi connectivity index (χ0v) is 66.0. The van der Waals surface area contributed by atoms with Gasteiger partial charge in [0.2, 0.25) is 82.7 Å². The molecule has 0 radical (unpaired) electrons. The van der Waals surface area contributed by atoms with Gasteiger partial charge in [-0.05, 0) is 105 Å². The lowest BCUT2D eigenvalue weighted by Crippen LogP contribution is -2.63. The van der Waals surface area contributed by atoms with Crippen molar-refractivity contribution in [2.45, 2.75) is 232 Å². The van der Waals surface area contributed by atoms with Gasteiger partial charge in [-0.3, -0.25) is 71.9 Å². The van der Waals surface area contributed by atoms with Crippen LogP contribution in [0.2, 0.25) is 0 Å². The second kappa shape index (κ2) is 45.0. The minimum atomic E-state index is -1.83. The van der Waals surface area contributed by atoms with Crippen molar-refractivity contribution >= 4 is 106 Å². The number of nitrogens with one attached hydrogen (secondary N) is 14. The lowest BCUT2D eigenvalue weighted by molar-refractivity contribution is -0.143. The van der Waals surface area contributed by atoms with Crippen LogP contribution in [0.4, 0.5) is 0 Å². The van der Waals surface area contributed by atoms with E-state index in [1.165, 1.54) is 58.9 Å². The number of H-pyrrole nitrogens is 1. The Bertz CT molecular complexity index is 3830. The number of carboxylic acids is 2. The lowest BCUT2D eigenvalue weighted by Gasteiger charge is -2.30. The van der Waals surface area contributed by atoms with Gasteiger partial charge in [-0.2, -0.15) is 0 Å². The lowest BCUT2D eigenvalue weighted by atomic mass is 9.96. The number of aromatic amines is 1. The van der Waals surface area contributed by atoms with Gasteiger partial charge in [0.05, 0.1) is 44.4 Å². The number of amides is 14. The fourth-order valence-electron chi connectivity index (χ4n) is 12.2. The number of carboxylic acid groups (broad SMARTS) is 2. The van der Waals surface area contributed by atoms with Crippen molar-refractivity contribution in [1.29, 1.82) is 0 Å². The second-order valence-electron chi connectivity index (χ2n) is 30.0. The van der Waals surface area contributed by atoms with E-state index in [1.54, 1.807) is 72.0 Å². The van der Waals surface area contributed by atoms with E-state index < -0.39 is 229 Å². The van der Waals surface area contributed by atoms with Crippen LogP contribution in [0.25, 0.3) is 10.9 Å². The van der Waals surface area contributed by atoms with Crippen LogP contribution in [0.3, 0.4) is 0 Å². The van der Waals surface area contributed by atoms with Gasteiger partial charge in [-0.25, -0.2) is 4.79 Å². The van der Waals surface area contributed by atoms with Crippen molar-refractivity contribution in [2.24, 2.45) is 35.3 Å². The minimum Gasteiger partial charge on any atom is -0.508 e. The first-order chi connectivity index (χ1) is 53.0. The van der Waals surface area contributed by atoms with E-state index in [-0.39, 0.29) is 62.7 Å². The highest BCUT2D eigenvalue weighted by Crippen LogP contribution is 2.22. The van der Waals surface area contributed by atoms with E-state index in [4.69, 9.17) is 5.73 Å². The Balaban J connectivity index is 1.44. The number of rotatable bonds is 45. The fourth-order valence-corrected chi connectivity index (χ4v) is 12.2. The van der Waals surface area contributed by atoms with Crippen LogP contribution in [-0.4, -0.2) is 252 Å². The standard InChI is InChI=1S/C75H114N16O22/c1-14-39(10)60(89-67(104)51(30-57(98)99)81-65(102)49(80-63(100)40(11)76)28-43-21-23-45(95)24-22-43)72(109)83-50(29-44-31-77-47-19-16-15-18-46(44)47)64(101)79-33-56(97)91-25-17-20-54(91)69(106)78-32-55(96)86-61(41(12)93)73(110)82-48(26-35(2)3)66(103)87-59(38(8)9)71(108)90-62(42(13)94)74(111)88-58(37(6)7)70(107)85-53(34-92)68(105)84-52(75(112)113)27-36(4)5/h15-16,18-19,21-24,31,35-42,48-54,58-62,77,92-95H,14,17,20,25-30,32-34,76H2,1-13H3,(H,78,106)(H,79,101)(H,80,100)(H,81,102)(H,82,110)(H,83,109)(H,84,105)(H,85,107)(H,86,96)(H,87,103)(H,88,111)(H,89,104)(H,90,108)(H,98,99)(H,112,113)/t39-,40-,41+,42+,48-,49-,50-,51-,52-,53-,54-,58-,59-,60-,61-,62-/m0/s1. The zero-order valence-electron chi connectivity index (χ0n) is 66.0. The monoisotopic (exact) mass is 1590 g/mol. The molecule has 1 aromatic heterocycles. The number of fused-ring (bicyclic) bond motifs is 1. The molecule has 1 aliphatic heterocycles. The van der Waals surface area contributed by atoms with Gasteiger partial charge in [0.1, 0.15) is 78.3 Å². The molecule has 1 aliphatic rings. The molecule has 22 N–H and O–H groups in total. The van der Waals surface area contributed by atoms with Crippen LogP contribution < -0.4 is 74.9 Å². The molecule has 1 fully saturated rings. The van der Waals surface area contributed by atoms with Crippen molar-refractivity contribution in [3.8, 4) is 5.75 Å². The third kappa shape index (κ3) is 29.6. The van der Waals surface area contributed by atoms with Crippen LogP contribution >= 0.6 is 0 Å². The van der Waals surface area contributed by atoms with Gasteiger partial charge < -0.3 is 115 Å². The first-order valence-electron chi connectivity index (χ1n) is 37.7. The Morgan fingerprint density at radius 2 is 0.965 bits per heavy atom. The largest absolute Gasteiger partial charge is 0.508 e. The first-order valence-corrected chi connectivity index (χ1v) is 37.7. The Labute approximate surface area is 654 Å². The predicted molar refractivity (Wildman–Crippen MR) is 408 cm³/mol. The molecule has 0 saturated carbocycles. The number of aromatic nitrogens is 1. The number of hydrogen-bond donors (Lipinski definition) is 21. The number of nitrogens with two attached hydrogens (primary N) is 1. The summed E-state index contributed by atoms with van der Waals surface area (Å²) in [7, 11) is 0. The Kier molecular flexibility index (Phi) is 37.6. The SMILES string of the molecule is CC[C@H](C)[C@H](NC(=O)[C@H](CC(=O)O)NC(=O)[C@H](Cc1ccc(O)cc1)NC(=O)[C@H](C)N)C(=O)N[C@@H](Cc1c[nH]c2ccccc12)C(=O)NCC(=O)N1CCC[C@H]1C(=O)NCC(=O)N[C@H](C(=O)N[C@@H](CC(C)C)C(=O)N[C@H](C(=O)N[C@H](C(=O)N[C@H](C(=O)N[C@@H](CO)C(=O)N[C@@H](CC(C)C)C(=O)O)C(C)C)[C@@H](C)O)C(C)C)[C@@H](C)O. The van der Waals surface area contributed by atoms with Crippen molar-refractivity contribution in [3.05, 3.63) is 65.9 Å². The fraction of sp³-hybridized carbons (Fsp3) is 0.600. The molecule has 38 heteroatoms. The number of aliphatic carboxylic acids is 2. The van der Waals surface area contributed by atoms with Crippen molar-refractivity contribution < 1.29 is 107 Å². The molecule has 4 rings (SSSR count). The van der Waals surface area contributed by atoms with Gasteiger partial charge in [-0.1, -0.05) is 106 Å². The maximum atomic E-state index is 14.6. The molecule has 2 heterocycles. The van der Waals surface area contributed by atoms with E-state index in [9.17, 15) is 107 Å². The van der Waals surface area contributed by atoms with Crippen molar-refractivity contribution in [3.63, 3.8) is 0 Å². The minimum absolute atomic E-state index is 0.0189. The van der Waals surface area contributed by atoms with Gasteiger partial charge in [-0.15, -0.1) is 0 Å². The molecule has 2 aromatic carbocycles. The number of nitrogens with zero attached hydrogens (tertiary/aromatic N) is 1. The molecular formula is C75H114N16O22. The average Bonchev–Trinajstić information content (AvgIpc) is 1.75. The quantitative estimate of drug-likeness (QED) is 0.0259. The molecule has 113 heavy (non-hydrogen) atoms. The molecule has 16 atom stereocenters. The molecule has 0 spiro atoms. The summed E-state index contributed by atoms with van der Waals surface area (Å²) < 4.78 is 0. The summed E-state index contributed by atoms with van der Waals surface area (Å²) in [6.45, 7) is 17.5. The Hall–Kier alpha value is -10.9. The summed E-state index contributed by atoms with van der Waals surface area (Å²) in [5.74, 6) is -18.9. The smallest absolute Gasteiger partial charge is 0.326 e. The van der Waals surface area contributed by atoms with Gasteiger partial charge in [0.15, 0.2) is 0 Å². The molecular weight excluding hydrogens is 1480 g/mol. The summed E-state index contributed by atoms with van der Waals surface area (Å²) in [5.41, 5.74) is 7.44. The number of aliphatic hydroxyl groups is 3. The third-order valence-electron chi connectivity index (χ3n) is 18.8. The van der Waals surface area contributed by atoms with E-state index in [1.807, 2.05) is 0 Å². The Morgan fingerprint density at radius 1 is 0.504 bits per heavy atom. The number of likely N-dealkylation sites (tertiary alicyclic amines) is 1. The first kappa shape index (κ1) is 94.5.